The van der Waals surface area contributed by atoms with Gasteiger partial charge < -0.3 is 81.0 Å². The molecule has 41 heteroatoms. The number of aliphatic hydroxyl groups excluding tert-OH is 1. The van der Waals surface area contributed by atoms with E-state index in [0.29, 0.717) is 88.7 Å². The lowest BCUT2D eigenvalue weighted by atomic mass is 9.83. The number of hydrogen-bond acceptors (Lipinski definition) is 34. The van der Waals surface area contributed by atoms with Crippen molar-refractivity contribution in [1.82, 2.24) is 99.8 Å². The molecule has 636 valence electrons. The van der Waals surface area contributed by atoms with E-state index in [1.54, 1.807) is 81.1 Å². The molecule has 122 heavy (non-hydrogen) atoms. The van der Waals surface area contributed by atoms with Gasteiger partial charge in [0.1, 0.15) is 28.8 Å². The van der Waals surface area contributed by atoms with Crippen molar-refractivity contribution in [3.8, 4) is 22.7 Å². The van der Waals surface area contributed by atoms with Gasteiger partial charge in [-0.05, 0) is 164 Å². The lowest BCUT2D eigenvalue weighted by Crippen LogP contribution is -2.55. The van der Waals surface area contributed by atoms with Crippen LogP contribution in [0.3, 0.4) is 0 Å². The summed E-state index contributed by atoms with van der Waals surface area (Å²) in [7, 11) is 1.67. The molecular weight excluding hydrogens is 1570 g/mol. The average Bonchev–Trinajstić information content (AvgIpc) is 0.872. The molecule has 1 amide bonds. The van der Waals surface area contributed by atoms with Crippen molar-refractivity contribution in [2.24, 2.45) is 34.6 Å². The number of primary amides is 1. The molecule has 16 rings (SSSR count). The largest absolute Gasteiger partial charge is 0.391 e. The van der Waals surface area contributed by atoms with Crippen molar-refractivity contribution >= 4 is 93.1 Å². The molecule has 4 aromatic carbocycles. The molecule has 0 saturated heterocycles. The number of Topliss-reactive ketones (excluding diaryl/α,β-unsaturated/α-hetero) is 3. The molecular formula is C81H97F2N33O6. The van der Waals surface area contributed by atoms with E-state index in [0.717, 1.165) is 79.8 Å². The van der Waals surface area contributed by atoms with E-state index < -0.39 is 36.1 Å². The summed E-state index contributed by atoms with van der Waals surface area (Å²) in [6.07, 6.45) is 27.0. The van der Waals surface area contributed by atoms with Crippen LogP contribution in [0.2, 0.25) is 0 Å². The summed E-state index contributed by atoms with van der Waals surface area (Å²) in [6, 6.07) is 27.0. The highest BCUT2D eigenvalue weighted by Crippen LogP contribution is 2.36. The Bertz CT molecular complexity index is 5330. The third-order valence-corrected chi connectivity index (χ3v) is 21.2. The number of aromatic nitrogens is 20. The number of methoxy groups -OCH3 is 1. The van der Waals surface area contributed by atoms with Gasteiger partial charge >= 0.3 is 0 Å². The topological polar surface area (TPSA) is 550 Å². The van der Waals surface area contributed by atoms with Gasteiger partial charge in [-0.2, -0.15) is 79.9 Å². The molecule has 11 atom stereocenters. The summed E-state index contributed by atoms with van der Waals surface area (Å²) in [4.78, 5) is 89.1. The number of ketones is 3. The van der Waals surface area contributed by atoms with Crippen molar-refractivity contribution < 1.29 is 37.8 Å². The first-order chi connectivity index (χ1) is 58.9. The third-order valence-electron chi connectivity index (χ3n) is 21.2. The second-order valence-electron chi connectivity index (χ2n) is 29.9. The van der Waals surface area contributed by atoms with Crippen LogP contribution in [-0.4, -0.2) is 202 Å². The fourth-order valence-electron chi connectivity index (χ4n) is 14.5. The monoisotopic (exact) mass is 1670 g/mol. The van der Waals surface area contributed by atoms with Crippen LogP contribution in [0.15, 0.2) is 171 Å². The molecule has 8 aromatic heterocycles. The van der Waals surface area contributed by atoms with Gasteiger partial charge in [0.05, 0.1) is 125 Å². The Morgan fingerprint density at radius 3 is 1.09 bits per heavy atom. The number of carbonyl (C=O) groups is 4. The number of anilines is 12. The van der Waals surface area contributed by atoms with Crippen LogP contribution in [-0.2, 0) is 4.74 Å². The smallest absolute Gasteiger partial charge is 0.264 e. The quantitative estimate of drug-likeness (QED) is 0.0238. The van der Waals surface area contributed by atoms with Crippen LogP contribution in [0.5, 0.6) is 0 Å². The number of halogens is 2. The van der Waals surface area contributed by atoms with Crippen LogP contribution >= 0.6 is 0 Å². The first-order valence-corrected chi connectivity index (χ1v) is 39.8. The Hall–Kier alpha value is -13.7. The number of hydrogen-bond donors (Lipinski definition) is 14. The Kier molecular flexibility index (Phi) is 28.2. The van der Waals surface area contributed by atoms with Gasteiger partial charge in [0, 0.05) is 85.2 Å². The molecule has 0 radical (unpaired) electrons. The fourth-order valence-corrected chi connectivity index (χ4v) is 14.5. The molecule has 4 saturated carbocycles. The molecule has 3 unspecified atom stereocenters. The number of nitrogens with zero attached hydrogens (tertiary/aromatic N) is 20. The van der Waals surface area contributed by atoms with E-state index in [4.69, 9.17) is 33.4 Å². The van der Waals surface area contributed by atoms with Crippen LogP contribution in [0.1, 0.15) is 146 Å². The minimum absolute atomic E-state index is 0.0209. The minimum Gasteiger partial charge on any atom is -0.391 e. The number of nitrogens with two attached hydrogens (primary N) is 5. The Labute approximate surface area is 699 Å². The van der Waals surface area contributed by atoms with Gasteiger partial charge in [0.15, 0.2) is 17.3 Å². The summed E-state index contributed by atoms with van der Waals surface area (Å²) >= 11 is 0. The molecule has 0 spiro atoms. The first kappa shape index (κ1) is 86.1. The van der Waals surface area contributed by atoms with Gasteiger partial charge in [0.25, 0.3) is 11.8 Å². The van der Waals surface area contributed by atoms with E-state index in [-0.39, 0.29) is 83.0 Å². The second kappa shape index (κ2) is 39.9. The predicted molar refractivity (Wildman–Crippen MR) is 453 cm³/mol. The molecule has 39 nitrogen and oxygen atoms in total. The zero-order chi connectivity index (χ0) is 86.0. The zero-order valence-electron chi connectivity index (χ0n) is 67.6. The molecule has 19 N–H and O–H groups in total. The number of rotatable bonds is 25. The van der Waals surface area contributed by atoms with Crippen molar-refractivity contribution in [3.63, 3.8) is 0 Å². The maximum absolute atomic E-state index is 14.0. The Balaban J connectivity index is 0.000000140. The van der Waals surface area contributed by atoms with Gasteiger partial charge in [-0.1, -0.05) is 37.6 Å². The first-order valence-electron chi connectivity index (χ1n) is 39.8. The van der Waals surface area contributed by atoms with Gasteiger partial charge in [0.2, 0.25) is 23.8 Å². The highest BCUT2D eigenvalue weighted by molar-refractivity contribution is 6.01. The second-order valence-corrected chi connectivity index (χ2v) is 29.9. The maximum Gasteiger partial charge on any atom is 0.264 e. The lowest BCUT2D eigenvalue weighted by molar-refractivity contribution is -0.0555. The highest BCUT2D eigenvalue weighted by Gasteiger charge is 2.45. The fraction of sp³-hybridized carbons (Fsp3) is 0.358. The van der Waals surface area contributed by atoms with Gasteiger partial charge in [-0.3, -0.25) is 19.2 Å². The number of alkyl halides is 2. The number of benzene rings is 4. The van der Waals surface area contributed by atoms with E-state index >= 15 is 0 Å². The van der Waals surface area contributed by atoms with Crippen molar-refractivity contribution in [2.45, 2.75) is 171 Å². The van der Waals surface area contributed by atoms with E-state index in [1.165, 1.54) is 58.5 Å². The Morgan fingerprint density at radius 2 is 0.738 bits per heavy atom. The predicted octanol–water partition coefficient (Wildman–Crippen LogP) is 8.72. The van der Waals surface area contributed by atoms with Crippen LogP contribution in [0, 0.1) is 5.92 Å². The molecule has 8 heterocycles. The van der Waals surface area contributed by atoms with Crippen molar-refractivity contribution in [1.29, 1.82) is 0 Å². The van der Waals surface area contributed by atoms with Crippen molar-refractivity contribution in [2.75, 3.05) is 49.6 Å². The summed E-state index contributed by atoms with van der Waals surface area (Å²) in [5.74, 6) is -0.966. The van der Waals surface area contributed by atoms with E-state index in [9.17, 15) is 33.1 Å². The number of aliphatic hydroxyl groups is 1. The Morgan fingerprint density at radius 1 is 0.426 bits per heavy atom. The van der Waals surface area contributed by atoms with Crippen LogP contribution in [0.25, 0.3) is 22.7 Å². The van der Waals surface area contributed by atoms with Crippen LogP contribution < -0.4 is 71.2 Å². The molecule has 12 aromatic rings. The molecule has 0 bridgehead atoms. The van der Waals surface area contributed by atoms with Crippen LogP contribution in [0.4, 0.5) is 78.6 Å². The van der Waals surface area contributed by atoms with E-state index in [1.807, 2.05) is 78.9 Å². The minimum atomic E-state index is -2.95. The summed E-state index contributed by atoms with van der Waals surface area (Å²) in [5, 5.41) is 68.5. The number of carbonyl (C=O) groups excluding carboxylic acids is 4. The number of ether oxygens (including phenoxy) is 1. The lowest BCUT2D eigenvalue weighted by Gasteiger charge is -2.35. The number of amides is 1. The highest BCUT2D eigenvalue weighted by atomic mass is 19.3. The molecule has 4 aliphatic rings. The average molecular weight is 1670 g/mol. The SMILES string of the molecule is CC(=O)c1cnc(N[C@@H]2CCCC(C)[C@@H]2N)nc1Nc1cccc(-n2nccn2)c1.CC(=O)c1cnc(N[C@@H]2CCCC(F)(F)[C@@H]2N)nc1Nc1cccc(-n2nccn2)c1.CC(=O)c1cnc(N[C@@H]2CCCC(O)[C@@H]2N)nc1Nc1cccc(-n2nccn2)c1.COC1CCC[C@@H](Nc2ncc(C(N)=O)c(Nc3cccc(-n4nccn4)c3)n2)[C@H]1N. The zero-order valence-corrected chi connectivity index (χ0v) is 67.6. The molecule has 4 fully saturated rings. The maximum atomic E-state index is 14.0. The van der Waals surface area contributed by atoms with E-state index in [2.05, 4.69) is 130 Å². The normalized spacial score (nSPS) is 20.9. The summed E-state index contributed by atoms with van der Waals surface area (Å²) < 4.78 is 33.4. The number of nitrogens with one attached hydrogen (secondary N) is 8. The summed E-state index contributed by atoms with van der Waals surface area (Å²) in [5.41, 5.74) is 37.2. The molecule has 4 aliphatic carbocycles. The van der Waals surface area contributed by atoms with Gasteiger partial charge in [-0.25, -0.2) is 28.7 Å². The standard InChI is InChI=1S/C21H26N8O.C20H22F2N8O.C20H25N9O2.C20H24N8O2/c1-13-5-3-8-18(19(13)22)27-21-23-12-17(14(2)30)20(28-21)26-15-6-4-7-16(11-15)29-24-9-10-25-29;1-12(31)15-11-24-19(28-16-6-3-7-20(21,22)17(16)23)29-18(15)27-13-4-2-5-14(10-13)30-25-8-9-26-30;1-31-16-7-3-6-15(17(16)21)27-20-23-11-14(18(22)30)19(28-20)26-12-4-2-5-13(10-12)29-24-8-9-25-29;1-12(29)15-11-22-20(26-16-6-3-7-17(30)18(16)21)27-19(15)25-13-4-2-5-14(10-13)28-23-8-9-24-28/h4,6-7,9-13,18-19H,3,5,8,22H2,1-2H3,(H2,23,26,27,28);2,4-5,8-11,16-17H,3,6-7,23H2,1H3,(H2,24,27,28,29);2,4-5,8-11,15-17H,3,6-7,21H2,1H3,(H2,22,30)(H2,23,26,27,28);2,4-5,8-11,16-18,30H,3,6-7,21H2,1H3,(H2,22,25,26,27)/t13?,18-,19+;16-,17-;15-,16?,17-;16-,17?,18-/m1111/s1. The van der Waals surface area contributed by atoms with Crippen molar-refractivity contribution in [3.05, 3.63) is 194 Å². The summed E-state index contributed by atoms with van der Waals surface area (Å²) in [6.45, 7) is 6.54. The van der Waals surface area contributed by atoms with Gasteiger partial charge in [-0.15, -0.1) is 0 Å². The third kappa shape index (κ3) is 22.0. The molecule has 0 aliphatic heterocycles.